The molecule has 1 aliphatic rings. The highest BCUT2D eigenvalue weighted by atomic mass is 15.0. The van der Waals surface area contributed by atoms with Gasteiger partial charge in [-0.3, -0.25) is 0 Å². The van der Waals surface area contributed by atoms with Crippen molar-refractivity contribution >= 4 is 27.2 Å². The molecule has 324 valence electrons. The molecule has 4 nitrogen and oxygen atoms in total. The van der Waals surface area contributed by atoms with Crippen LogP contribution >= 0.6 is 0 Å². The molecular formula is C66H40N4. The van der Waals surface area contributed by atoms with Gasteiger partial charge in [0, 0.05) is 16.7 Å². The minimum absolute atomic E-state index is 0.584. The summed E-state index contributed by atoms with van der Waals surface area (Å²) in [5.41, 5.74) is 19.0. The van der Waals surface area contributed by atoms with Gasteiger partial charge in [0.1, 0.15) is 0 Å². The standard InChI is InChI=1S/C66H40N4/c1-67-52-39-50(43-33-31-42(32-34-43)48-35-36-57-58-29-13-19-45-20-14-30-59(63(45)58)62(57)41-48)38-51(40-52)47-21-11-22-49(37-47)54-24-7-9-26-60(54)65-68-64(46-16-3-2-4-17-46)69-66(70-65)61-27-10-8-25-56(61)55-28-12-18-44-15-5-6-23-53(44)55/h2-41H. The van der Waals surface area contributed by atoms with E-state index in [-0.39, 0.29) is 0 Å². The zero-order chi connectivity index (χ0) is 46.5. The Morgan fingerprint density at radius 2 is 0.714 bits per heavy atom. The molecule has 0 unspecified atom stereocenters. The average Bonchev–Trinajstić information content (AvgIpc) is 3.76. The van der Waals surface area contributed by atoms with Crippen LogP contribution in [0.25, 0.3) is 138 Å². The summed E-state index contributed by atoms with van der Waals surface area (Å²) in [6.07, 6.45) is 0. The Balaban J connectivity index is 0.862. The quantitative estimate of drug-likeness (QED) is 0.143. The van der Waals surface area contributed by atoms with Crippen LogP contribution in [-0.2, 0) is 0 Å². The van der Waals surface area contributed by atoms with E-state index in [0.29, 0.717) is 23.2 Å². The molecule has 70 heavy (non-hydrogen) atoms. The zero-order valence-electron chi connectivity index (χ0n) is 37.9. The Kier molecular flexibility index (Phi) is 9.85. The molecule has 4 heteroatoms. The van der Waals surface area contributed by atoms with Gasteiger partial charge in [-0.05, 0) is 130 Å². The number of nitrogens with zero attached hydrogens (tertiary/aromatic N) is 4. The molecule has 0 saturated carbocycles. The van der Waals surface area contributed by atoms with Crippen molar-refractivity contribution in [3.8, 4) is 112 Å². The maximum Gasteiger partial charge on any atom is 0.188 e. The van der Waals surface area contributed by atoms with Crippen LogP contribution in [0.1, 0.15) is 0 Å². The normalized spacial score (nSPS) is 11.4. The Labute approximate surface area is 406 Å². The monoisotopic (exact) mass is 888 g/mol. The maximum absolute atomic E-state index is 8.12. The van der Waals surface area contributed by atoms with Crippen LogP contribution in [0.15, 0.2) is 243 Å². The fraction of sp³-hybridized carbons (Fsp3) is 0. The predicted molar refractivity (Wildman–Crippen MR) is 289 cm³/mol. The Hall–Kier alpha value is -9.56. The molecule has 1 heterocycles. The van der Waals surface area contributed by atoms with Crippen LogP contribution < -0.4 is 0 Å². The molecule has 0 bridgehead atoms. The molecule has 0 fully saturated rings. The van der Waals surface area contributed by atoms with E-state index in [1.54, 1.807) is 0 Å². The van der Waals surface area contributed by atoms with Crippen molar-refractivity contribution in [1.82, 2.24) is 15.0 Å². The smallest absolute Gasteiger partial charge is 0.188 e. The first-order valence-electron chi connectivity index (χ1n) is 23.5. The summed E-state index contributed by atoms with van der Waals surface area (Å²) >= 11 is 0. The molecule has 0 atom stereocenters. The van der Waals surface area contributed by atoms with E-state index < -0.39 is 0 Å². The van der Waals surface area contributed by atoms with E-state index in [2.05, 4.69) is 193 Å². The van der Waals surface area contributed by atoms with Crippen molar-refractivity contribution in [2.45, 2.75) is 0 Å². The molecule has 11 aromatic carbocycles. The number of rotatable bonds is 8. The third-order valence-corrected chi connectivity index (χ3v) is 13.7. The first-order valence-corrected chi connectivity index (χ1v) is 23.5. The zero-order valence-corrected chi connectivity index (χ0v) is 37.9. The molecule has 0 amide bonds. The van der Waals surface area contributed by atoms with Crippen molar-refractivity contribution in [1.29, 1.82) is 0 Å². The van der Waals surface area contributed by atoms with Gasteiger partial charge in [0.25, 0.3) is 0 Å². The van der Waals surface area contributed by atoms with Gasteiger partial charge in [0.2, 0.25) is 0 Å². The molecule has 0 N–H and O–H groups in total. The number of hydrogen-bond donors (Lipinski definition) is 0. The lowest BCUT2D eigenvalue weighted by Crippen LogP contribution is -2.02. The number of fused-ring (bicyclic) bond motifs is 4. The van der Waals surface area contributed by atoms with Gasteiger partial charge in [0.05, 0.1) is 6.57 Å². The predicted octanol–water partition coefficient (Wildman–Crippen LogP) is 17.7. The second kappa shape index (κ2) is 16.9. The van der Waals surface area contributed by atoms with E-state index in [4.69, 9.17) is 21.5 Å². The molecular weight excluding hydrogens is 849 g/mol. The van der Waals surface area contributed by atoms with Gasteiger partial charge in [-0.1, -0.05) is 212 Å². The molecule has 1 aliphatic carbocycles. The third-order valence-electron chi connectivity index (χ3n) is 13.7. The Morgan fingerprint density at radius 3 is 1.46 bits per heavy atom. The van der Waals surface area contributed by atoms with Crippen LogP contribution in [0.4, 0.5) is 5.69 Å². The molecule has 12 aromatic rings. The summed E-state index contributed by atoms with van der Waals surface area (Å²) < 4.78 is 0. The van der Waals surface area contributed by atoms with Crippen LogP contribution in [0.5, 0.6) is 0 Å². The minimum Gasteiger partial charge on any atom is -0.238 e. The van der Waals surface area contributed by atoms with Gasteiger partial charge in [0.15, 0.2) is 23.2 Å². The highest BCUT2D eigenvalue weighted by Gasteiger charge is 2.22. The van der Waals surface area contributed by atoms with Crippen LogP contribution in [0.2, 0.25) is 0 Å². The van der Waals surface area contributed by atoms with Crippen LogP contribution in [0, 0.1) is 6.57 Å². The third kappa shape index (κ3) is 7.13. The van der Waals surface area contributed by atoms with Gasteiger partial charge in [-0.2, -0.15) is 0 Å². The number of benzene rings is 11. The van der Waals surface area contributed by atoms with Gasteiger partial charge in [-0.15, -0.1) is 0 Å². The maximum atomic E-state index is 8.12. The summed E-state index contributed by atoms with van der Waals surface area (Å²) in [5, 5.41) is 4.96. The first kappa shape index (κ1) is 40.7. The summed E-state index contributed by atoms with van der Waals surface area (Å²) in [5.74, 6) is 1.79. The van der Waals surface area contributed by atoms with Gasteiger partial charge in [-0.25, -0.2) is 19.8 Å². The van der Waals surface area contributed by atoms with Crippen LogP contribution in [-0.4, -0.2) is 15.0 Å². The summed E-state index contributed by atoms with van der Waals surface area (Å²) in [4.78, 5) is 19.6. The molecule has 0 radical (unpaired) electrons. The van der Waals surface area contributed by atoms with Gasteiger partial charge < -0.3 is 0 Å². The summed E-state index contributed by atoms with van der Waals surface area (Å²) in [6, 6.07) is 85.2. The van der Waals surface area contributed by atoms with Crippen molar-refractivity contribution in [3.63, 3.8) is 0 Å². The fourth-order valence-corrected chi connectivity index (χ4v) is 10.3. The minimum atomic E-state index is 0.584. The summed E-state index contributed by atoms with van der Waals surface area (Å²) in [7, 11) is 0. The van der Waals surface area contributed by atoms with Crippen molar-refractivity contribution in [3.05, 3.63) is 254 Å². The Bertz CT molecular complexity index is 4060. The SMILES string of the molecule is [C-]#[N+]c1cc(-c2ccc(-c3ccc4c(c3)-c3cccc5cccc-4c35)cc2)cc(-c2cccc(-c3ccccc3-c3nc(-c4ccccc4)nc(-c4ccccc4-c4cccc5ccccc45)n3)c2)c1. The lowest BCUT2D eigenvalue weighted by molar-refractivity contribution is 1.07. The molecule has 0 aliphatic heterocycles. The van der Waals surface area contributed by atoms with E-state index in [1.165, 1.54) is 49.4 Å². The van der Waals surface area contributed by atoms with Crippen LogP contribution in [0.3, 0.4) is 0 Å². The topological polar surface area (TPSA) is 43.0 Å². The highest BCUT2D eigenvalue weighted by Crippen LogP contribution is 2.48. The first-order chi connectivity index (χ1) is 34.6. The lowest BCUT2D eigenvalue weighted by Gasteiger charge is -2.15. The van der Waals surface area contributed by atoms with E-state index >= 15 is 0 Å². The second-order valence-corrected chi connectivity index (χ2v) is 17.8. The van der Waals surface area contributed by atoms with E-state index in [0.717, 1.165) is 66.8 Å². The molecule has 0 saturated heterocycles. The Morgan fingerprint density at radius 1 is 0.257 bits per heavy atom. The molecule has 0 spiro atoms. The van der Waals surface area contributed by atoms with E-state index in [9.17, 15) is 0 Å². The summed E-state index contributed by atoms with van der Waals surface area (Å²) in [6.45, 7) is 8.12. The van der Waals surface area contributed by atoms with Crippen molar-refractivity contribution in [2.24, 2.45) is 0 Å². The number of aromatic nitrogens is 3. The molecule has 1 aromatic heterocycles. The fourth-order valence-electron chi connectivity index (χ4n) is 10.3. The highest BCUT2D eigenvalue weighted by molar-refractivity contribution is 6.15. The average molecular weight is 889 g/mol. The number of hydrogen-bond acceptors (Lipinski definition) is 3. The van der Waals surface area contributed by atoms with E-state index in [1.807, 2.05) is 54.6 Å². The molecule has 13 rings (SSSR count). The van der Waals surface area contributed by atoms with Crippen molar-refractivity contribution < 1.29 is 0 Å². The lowest BCUT2D eigenvalue weighted by atomic mass is 9.93. The van der Waals surface area contributed by atoms with Gasteiger partial charge >= 0.3 is 0 Å². The largest absolute Gasteiger partial charge is 0.238 e. The van der Waals surface area contributed by atoms with Crippen molar-refractivity contribution in [2.75, 3.05) is 0 Å². The second-order valence-electron chi connectivity index (χ2n) is 17.8.